The summed E-state index contributed by atoms with van der Waals surface area (Å²) in [5.41, 5.74) is -7.64. The number of alkyl halides is 2. The van der Waals surface area contributed by atoms with E-state index in [1.807, 2.05) is 0 Å². The SMILES string of the molecule is C[C@]12CC(O)(O)C3(F)[C@@H](CC[C@]45OC4C(=O)CC[C@]35C)[C@@H]1CC[C@]2(O)C(=O)CCl. The van der Waals surface area contributed by atoms with Crippen molar-refractivity contribution in [1.29, 1.82) is 0 Å². The number of ether oxygens (including phenoxy) is 1. The van der Waals surface area contributed by atoms with Gasteiger partial charge in [0.15, 0.2) is 23.0 Å². The Bertz CT molecular complexity index is 819. The average Bonchev–Trinajstić information content (AvgIpc) is 3.34. The van der Waals surface area contributed by atoms with Crippen molar-refractivity contribution in [3.63, 3.8) is 0 Å². The first-order valence-corrected chi connectivity index (χ1v) is 11.0. The Morgan fingerprint density at radius 1 is 1.17 bits per heavy atom. The quantitative estimate of drug-likeness (QED) is 0.349. The van der Waals surface area contributed by atoms with Gasteiger partial charge in [-0.15, -0.1) is 11.6 Å². The number of aliphatic hydroxyl groups is 3. The van der Waals surface area contributed by atoms with Crippen LogP contribution in [0.4, 0.5) is 4.39 Å². The molecule has 1 saturated heterocycles. The highest BCUT2D eigenvalue weighted by molar-refractivity contribution is 6.29. The highest BCUT2D eigenvalue weighted by Crippen LogP contribution is 2.77. The summed E-state index contributed by atoms with van der Waals surface area (Å²) in [5, 5.41) is 33.7. The number of epoxide rings is 1. The normalized spacial score (nSPS) is 57.3. The van der Waals surface area contributed by atoms with Crippen LogP contribution in [-0.4, -0.2) is 61.5 Å². The van der Waals surface area contributed by atoms with Crippen molar-refractivity contribution in [2.24, 2.45) is 22.7 Å². The molecule has 5 rings (SSSR count). The topological polar surface area (TPSA) is 107 Å². The van der Waals surface area contributed by atoms with Crippen LogP contribution in [0.3, 0.4) is 0 Å². The maximum atomic E-state index is 17.2. The molecule has 29 heavy (non-hydrogen) atoms. The first-order chi connectivity index (χ1) is 13.3. The van der Waals surface area contributed by atoms with Crippen LogP contribution in [-0.2, 0) is 14.3 Å². The molecule has 0 aromatic heterocycles. The molecular formula is C21H28ClFO6. The van der Waals surface area contributed by atoms with Gasteiger partial charge in [-0.3, -0.25) is 9.59 Å². The van der Waals surface area contributed by atoms with E-state index in [0.29, 0.717) is 19.3 Å². The van der Waals surface area contributed by atoms with Crippen LogP contribution in [0.25, 0.3) is 0 Å². The third kappa shape index (κ3) is 1.90. The van der Waals surface area contributed by atoms with Crippen LogP contribution in [0.1, 0.15) is 58.8 Å². The van der Waals surface area contributed by atoms with E-state index in [1.165, 1.54) is 0 Å². The van der Waals surface area contributed by atoms with Gasteiger partial charge in [-0.05, 0) is 38.0 Å². The second-order valence-corrected chi connectivity index (χ2v) is 10.8. The van der Waals surface area contributed by atoms with Crippen LogP contribution in [0, 0.1) is 22.7 Å². The highest BCUT2D eigenvalue weighted by atomic mass is 35.5. The van der Waals surface area contributed by atoms with E-state index >= 15 is 4.39 Å². The molecule has 4 saturated carbocycles. The third-order valence-corrected chi connectivity index (χ3v) is 10.0. The van der Waals surface area contributed by atoms with Crippen LogP contribution < -0.4 is 0 Å². The summed E-state index contributed by atoms with van der Waals surface area (Å²) in [6.45, 7) is 3.34. The maximum Gasteiger partial charge on any atom is 0.199 e. The lowest BCUT2D eigenvalue weighted by atomic mass is 9.41. The lowest BCUT2D eigenvalue weighted by Crippen LogP contribution is -2.78. The van der Waals surface area contributed by atoms with Gasteiger partial charge in [-0.25, -0.2) is 4.39 Å². The van der Waals surface area contributed by atoms with Crippen LogP contribution >= 0.6 is 11.6 Å². The molecule has 8 heteroatoms. The zero-order chi connectivity index (χ0) is 21.3. The van der Waals surface area contributed by atoms with E-state index in [9.17, 15) is 24.9 Å². The Morgan fingerprint density at radius 2 is 1.83 bits per heavy atom. The summed E-state index contributed by atoms with van der Waals surface area (Å²) in [7, 11) is 0. The second-order valence-electron chi connectivity index (χ2n) is 10.5. The number of carbonyl (C=O) groups is 2. The largest absolute Gasteiger partial charge is 0.381 e. The van der Waals surface area contributed by atoms with Crippen molar-refractivity contribution in [3.8, 4) is 0 Å². The molecule has 2 unspecified atom stereocenters. The fourth-order valence-electron chi connectivity index (χ4n) is 8.20. The van der Waals surface area contributed by atoms with Gasteiger partial charge >= 0.3 is 0 Å². The molecular weight excluding hydrogens is 403 g/mol. The highest BCUT2D eigenvalue weighted by Gasteiger charge is 2.87. The maximum absolute atomic E-state index is 17.2. The molecule has 0 bridgehead atoms. The molecule has 8 atom stereocenters. The Balaban J connectivity index is 1.63. The van der Waals surface area contributed by atoms with Gasteiger partial charge in [0.2, 0.25) is 0 Å². The average molecular weight is 431 g/mol. The van der Waals surface area contributed by atoms with Crippen LogP contribution in [0.15, 0.2) is 0 Å². The Morgan fingerprint density at radius 3 is 2.48 bits per heavy atom. The summed E-state index contributed by atoms with van der Waals surface area (Å²) in [6, 6.07) is 0. The summed E-state index contributed by atoms with van der Waals surface area (Å²) >= 11 is 5.74. The minimum absolute atomic E-state index is 0.0467. The summed E-state index contributed by atoms with van der Waals surface area (Å²) in [6.07, 6.45) is 0.500. The molecule has 0 radical (unpaired) electrons. The van der Waals surface area contributed by atoms with Gasteiger partial charge < -0.3 is 20.1 Å². The number of hydrogen-bond donors (Lipinski definition) is 3. The molecule has 0 amide bonds. The van der Waals surface area contributed by atoms with E-state index in [-0.39, 0.29) is 30.9 Å². The van der Waals surface area contributed by atoms with Gasteiger partial charge in [0.05, 0.1) is 5.88 Å². The molecule has 4 aliphatic carbocycles. The first-order valence-electron chi connectivity index (χ1n) is 10.5. The van der Waals surface area contributed by atoms with E-state index in [2.05, 4.69) is 0 Å². The molecule has 0 aromatic rings. The summed E-state index contributed by atoms with van der Waals surface area (Å²) < 4.78 is 23.0. The summed E-state index contributed by atoms with van der Waals surface area (Å²) in [5.74, 6) is -4.92. The Hall–Kier alpha value is -0.600. The lowest BCUT2D eigenvalue weighted by Gasteiger charge is -2.66. The standard InChI is InChI=1S/C21H28ClFO6/c1-16-10-20(27,28)21(23)12(11(16)3-7-18(16,26)14(25)9-22)4-8-19-15(29-19)13(24)5-6-17(19,21)2/h11-12,15,26-28H,3-10H2,1-2H3/t11-,12-,15?,16-,17-,18-,19-,21?/m0/s1. The fourth-order valence-corrected chi connectivity index (χ4v) is 8.42. The number of Topliss-reactive ketones (excluding diaryl/α,β-unsaturated/α-hetero) is 2. The van der Waals surface area contributed by atoms with Crippen molar-refractivity contribution in [2.75, 3.05) is 5.88 Å². The molecule has 5 aliphatic rings. The lowest BCUT2D eigenvalue weighted by molar-refractivity contribution is -0.368. The van der Waals surface area contributed by atoms with Crippen LogP contribution in [0.5, 0.6) is 0 Å². The number of ketones is 2. The van der Waals surface area contributed by atoms with E-state index in [4.69, 9.17) is 16.3 Å². The smallest absolute Gasteiger partial charge is 0.199 e. The molecule has 5 fully saturated rings. The van der Waals surface area contributed by atoms with Crippen molar-refractivity contribution in [2.45, 2.75) is 87.6 Å². The van der Waals surface area contributed by atoms with Crippen molar-refractivity contribution in [3.05, 3.63) is 0 Å². The van der Waals surface area contributed by atoms with Gasteiger partial charge in [0.25, 0.3) is 0 Å². The second kappa shape index (κ2) is 5.41. The number of halogens is 2. The van der Waals surface area contributed by atoms with E-state index < -0.39 is 63.6 Å². The minimum Gasteiger partial charge on any atom is -0.381 e. The molecule has 3 N–H and O–H groups in total. The third-order valence-electron chi connectivity index (χ3n) is 9.78. The predicted molar refractivity (Wildman–Crippen MR) is 99.8 cm³/mol. The monoisotopic (exact) mass is 430 g/mol. The zero-order valence-electron chi connectivity index (χ0n) is 16.7. The first kappa shape index (κ1) is 20.3. The minimum atomic E-state index is -2.77. The molecule has 1 aliphatic heterocycles. The van der Waals surface area contributed by atoms with Gasteiger partial charge in [-0.1, -0.05) is 13.8 Å². The Labute approximate surface area is 173 Å². The fraction of sp³-hybridized carbons (Fsp3) is 0.905. The molecule has 0 aromatic carbocycles. The number of fused-ring (bicyclic) bond motifs is 4. The molecule has 1 spiro atoms. The zero-order valence-corrected chi connectivity index (χ0v) is 17.5. The van der Waals surface area contributed by atoms with E-state index in [0.717, 1.165) is 0 Å². The molecule has 1 heterocycles. The number of carbonyl (C=O) groups excluding carboxylic acids is 2. The van der Waals surface area contributed by atoms with E-state index in [1.54, 1.807) is 13.8 Å². The Kier molecular flexibility index (Phi) is 3.79. The molecule has 6 nitrogen and oxygen atoms in total. The van der Waals surface area contributed by atoms with Crippen molar-refractivity contribution in [1.82, 2.24) is 0 Å². The van der Waals surface area contributed by atoms with Gasteiger partial charge in [0.1, 0.15) is 17.3 Å². The van der Waals surface area contributed by atoms with Gasteiger partial charge in [-0.2, -0.15) is 0 Å². The number of rotatable bonds is 2. The predicted octanol–water partition coefficient (Wildman–Crippen LogP) is 1.65. The van der Waals surface area contributed by atoms with Gasteiger partial charge in [0, 0.05) is 29.6 Å². The molecule has 162 valence electrons. The summed E-state index contributed by atoms with van der Waals surface area (Å²) in [4.78, 5) is 24.8. The van der Waals surface area contributed by atoms with Crippen molar-refractivity contribution >= 4 is 23.2 Å². The van der Waals surface area contributed by atoms with Crippen LogP contribution in [0.2, 0.25) is 0 Å². The van der Waals surface area contributed by atoms with Crippen molar-refractivity contribution < 1.29 is 34.0 Å². The number of hydrogen-bond acceptors (Lipinski definition) is 6.